The summed E-state index contributed by atoms with van der Waals surface area (Å²) >= 11 is 0. The number of rotatable bonds is 5. The zero-order chi connectivity index (χ0) is 15.6. The van der Waals surface area contributed by atoms with Crippen molar-refractivity contribution >= 4 is 26.6 Å². The van der Waals surface area contributed by atoms with Gasteiger partial charge in [-0.2, -0.15) is 5.10 Å². The minimum Gasteiger partial charge on any atom is -0.283 e. The minimum absolute atomic E-state index is 0.0560. The molecule has 0 unspecified atom stereocenters. The molecular formula is C16H17N3O2S. The lowest BCUT2D eigenvalue weighted by atomic mass is 10.2. The summed E-state index contributed by atoms with van der Waals surface area (Å²) in [5, 5.41) is 5.13. The molecule has 1 heterocycles. The number of fused-ring (bicyclic) bond motifs is 1. The first kappa shape index (κ1) is 14.6. The Morgan fingerprint density at radius 2 is 1.91 bits per heavy atom. The second-order valence-electron chi connectivity index (χ2n) is 5.20. The van der Waals surface area contributed by atoms with Gasteiger partial charge in [-0.1, -0.05) is 30.3 Å². The molecule has 1 N–H and O–H groups in total. The van der Waals surface area contributed by atoms with E-state index in [1.54, 1.807) is 23.0 Å². The van der Waals surface area contributed by atoms with Gasteiger partial charge in [-0.3, -0.25) is 9.40 Å². The fraction of sp³-hybridized carbons (Fsp3) is 0.188. The fourth-order valence-electron chi connectivity index (χ4n) is 2.34. The predicted octanol–water partition coefficient (Wildman–Crippen LogP) is 2.56. The molecule has 114 valence electrons. The third-order valence-corrected chi connectivity index (χ3v) is 4.81. The second-order valence-corrected chi connectivity index (χ2v) is 7.04. The van der Waals surface area contributed by atoms with Crippen molar-refractivity contribution in [2.75, 3.05) is 10.5 Å². The highest BCUT2D eigenvalue weighted by atomic mass is 32.2. The van der Waals surface area contributed by atoms with Crippen molar-refractivity contribution in [3.63, 3.8) is 0 Å². The minimum atomic E-state index is -3.38. The van der Waals surface area contributed by atoms with Crippen molar-refractivity contribution in [2.45, 2.75) is 6.42 Å². The van der Waals surface area contributed by atoms with Gasteiger partial charge in [-0.15, -0.1) is 0 Å². The molecule has 0 saturated heterocycles. The highest BCUT2D eigenvalue weighted by Crippen LogP contribution is 2.19. The molecule has 0 atom stereocenters. The van der Waals surface area contributed by atoms with Crippen molar-refractivity contribution < 1.29 is 8.42 Å². The number of nitrogens with one attached hydrogen (secondary N) is 1. The van der Waals surface area contributed by atoms with E-state index in [2.05, 4.69) is 9.82 Å². The monoisotopic (exact) mass is 315 g/mol. The number of aromatic nitrogens is 2. The number of sulfonamides is 1. The molecule has 3 rings (SSSR count). The van der Waals surface area contributed by atoms with Crippen LogP contribution in [0, 0.1) is 0 Å². The Hall–Kier alpha value is -2.34. The van der Waals surface area contributed by atoms with E-state index in [-0.39, 0.29) is 5.75 Å². The van der Waals surface area contributed by atoms with Crippen LogP contribution in [-0.4, -0.2) is 24.0 Å². The molecule has 0 amide bonds. The first-order valence-corrected chi connectivity index (χ1v) is 8.65. The SMILES string of the molecule is Cn1ncc2ccc(NS(=O)(=O)CCc3ccccc3)cc21. The first-order chi connectivity index (χ1) is 10.5. The fourth-order valence-corrected chi connectivity index (χ4v) is 3.43. The van der Waals surface area contributed by atoms with Gasteiger partial charge in [0.15, 0.2) is 0 Å². The predicted molar refractivity (Wildman–Crippen MR) is 88.3 cm³/mol. The first-order valence-electron chi connectivity index (χ1n) is 7.00. The average molecular weight is 315 g/mol. The van der Waals surface area contributed by atoms with E-state index in [0.29, 0.717) is 12.1 Å². The van der Waals surface area contributed by atoms with E-state index in [0.717, 1.165) is 16.5 Å². The molecule has 0 radical (unpaired) electrons. The number of benzene rings is 2. The lowest BCUT2D eigenvalue weighted by Crippen LogP contribution is -2.18. The summed E-state index contributed by atoms with van der Waals surface area (Å²) in [5.41, 5.74) is 2.46. The summed E-state index contributed by atoms with van der Waals surface area (Å²) in [6.45, 7) is 0. The number of nitrogens with zero attached hydrogens (tertiary/aromatic N) is 2. The van der Waals surface area contributed by atoms with Crippen LogP contribution >= 0.6 is 0 Å². The van der Waals surface area contributed by atoms with Crippen LogP contribution in [0.4, 0.5) is 5.69 Å². The zero-order valence-electron chi connectivity index (χ0n) is 12.2. The zero-order valence-corrected chi connectivity index (χ0v) is 13.0. The molecule has 6 heteroatoms. The van der Waals surface area contributed by atoms with Gasteiger partial charge in [0.25, 0.3) is 0 Å². The van der Waals surface area contributed by atoms with Crippen LogP contribution in [0.2, 0.25) is 0 Å². The van der Waals surface area contributed by atoms with Crippen molar-refractivity contribution in [1.29, 1.82) is 0 Å². The summed E-state index contributed by atoms with van der Waals surface area (Å²) in [5.74, 6) is 0.0560. The van der Waals surface area contributed by atoms with Gasteiger partial charge in [-0.25, -0.2) is 8.42 Å². The van der Waals surface area contributed by atoms with E-state index in [1.165, 1.54) is 0 Å². The standard InChI is InChI=1S/C16H17N3O2S/c1-19-16-11-15(8-7-14(16)12-17-19)18-22(20,21)10-9-13-5-3-2-4-6-13/h2-8,11-12,18H,9-10H2,1H3. The van der Waals surface area contributed by atoms with E-state index in [9.17, 15) is 8.42 Å². The Morgan fingerprint density at radius 3 is 2.68 bits per heavy atom. The lowest BCUT2D eigenvalue weighted by molar-refractivity contribution is 0.600. The maximum Gasteiger partial charge on any atom is 0.233 e. The topological polar surface area (TPSA) is 64.0 Å². The van der Waals surface area contributed by atoms with E-state index in [4.69, 9.17) is 0 Å². The summed E-state index contributed by atoms with van der Waals surface area (Å²) < 4.78 is 28.7. The van der Waals surface area contributed by atoms with Crippen LogP contribution in [0.1, 0.15) is 5.56 Å². The maximum absolute atomic E-state index is 12.2. The largest absolute Gasteiger partial charge is 0.283 e. The smallest absolute Gasteiger partial charge is 0.233 e. The van der Waals surface area contributed by atoms with Gasteiger partial charge >= 0.3 is 0 Å². The quantitative estimate of drug-likeness (QED) is 0.787. The summed E-state index contributed by atoms with van der Waals surface area (Å²) in [6, 6.07) is 15.0. The van der Waals surface area contributed by atoms with Gasteiger partial charge in [-0.05, 0) is 30.2 Å². The van der Waals surface area contributed by atoms with Gasteiger partial charge in [0.05, 0.1) is 23.2 Å². The van der Waals surface area contributed by atoms with Crippen LogP contribution in [0.15, 0.2) is 54.7 Å². The van der Waals surface area contributed by atoms with Gasteiger partial charge in [0.2, 0.25) is 10.0 Å². The Balaban J connectivity index is 1.73. The van der Waals surface area contributed by atoms with E-state index >= 15 is 0 Å². The van der Waals surface area contributed by atoms with Gasteiger partial charge in [0, 0.05) is 12.4 Å². The third kappa shape index (κ3) is 3.28. The van der Waals surface area contributed by atoms with E-state index in [1.807, 2.05) is 43.4 Å². The molecular weight excluding hydrogens is 298 g/mol. The third-order valence-electron chi connectivity index (χ3n) is 3.52. The van der Waals surface area contributed by atoms with Crippen LogP contribution in [-0.2, 0) is 23.5 Å². The molecule has 2 aromatic carbocycles. The normalized spacial score (nSPS) is 11.7. The summed E-state index contributed by atoms with van der Waals surface area (Å²) in [4.78, 5) is 0. The van der Waals surface area contributed by atoms with Crippen LogP contribution in [0.3, 0.4) is 0 Å². The molecule has 0 saturated carbocycles. The van der Waals surface area contributed by atoms with Gasteiger partial charge < -0.3 is 0 Å². The van der Waals surface area contributed by atoms with Crippen LogP contribution < -0.4 is 4.72 Å². The van der Waals surface area contributed by atoms with Crippen molar-refractivity contribution in [3.8, 4) is 0 Å². The molecule has 5 nitrogen and oxygen atoms in total. The van der Waals surface area contributed by atoms with Crippen molar-refractivity contribution in [1.82, 2.24) is 9.78 Å². The number of hydrogen-bond donors (Lipinski definition) is 1. The van der Waals surface area contributed by atoms with Crippen molar-refractivity contribution in [2.24, 2.45) is 7.05 Å². The molecule has 22 heavy (non-hydrogen) atoms. The van der Waals surface area contributed by atoms with E-state index < -0.39 is 10.0 Å². The highest BCUT2D eigenvalue weighted by Gasteiger charge is 2.11. The Bertz CT molecular complexity index is 886. The average Bonchev–Trinajstić information content (AvgIpc) is 2.87. The molecule has 1 aromatic heterocycles. The maximum atomic E-state index is 12.2. The van der Waals surface area contributed by atoms with Crippen molar-refractivity contribution in [3.05, 3.63) is 60.3 Å². The molecule has 0 spiro atoms. The van der Waals surface area contributed by atoms with Gasteiger partial charge in [0.1, 0.15) is 0 Å². The summed E-state index contributed by atoms with van der Waals surface area (Å²) in [7, 11) is -1.55. The Kier molecular flexibility index (Phi) is 3.85. The number of aryl methyl sites for hydroxylation is 2. The molecule has 0 aliphatic carbocycles. The van der Waals surface area contributed by atoms with Crippen LogP contribution in [0.25, 0.3) is 10.9 Å². The molecule has 0 bridgehead atoms. The molecule has 0 fully saturated rings. The molecule has 0 aliphatic heterocycles. The Morgan fingerprint density at radius 1 is 1.14 bits per heavy atom. The highest BCUT2D eigenvalue weighted by molar-refractivity contribution is 7.92. The second kappa shape index (κ2) is 5.81. The van der Waals surface area contributed by atoms with Crippen LogP contribution in [0.5, 0.6) is 0 Å². The molecule has 3 aromatic rings. The number of hydrogen-bond acceptors (Lipinski definition) is 3. The number of anilines is 1. The lowest BCUT2D eigenvalue weighted by Gasteiger charge is -2.08. The summed E-state index contributed by atoms with van der Waals surface area (Å²) in [6.07, 6.45) is 2.24. The molecule has 0 aliphatic rings. The Labute approximate surface area is 129 Å².